The number of hydrogen-bond acceptors (Lipinski definition) is 5. The molecule has 172 valence electrons. The first kappa shape index (κ1) is 22.3. The van der Waals surface area contributed by atoms with Crippen molar-refractivity contribution in [2.24, 2.45) is 0 Å². The maximum absolute atomic E-state index is 13.5. The van der Waals surface area contributed by atoms with Crippen LogP contribution in [-0.2, 0) is 16.4 Å². The summed E-state index contributed by atoms with van der Waals surface area (Å²) in [5.74, 6) is 0.810. The molecule has 5 nitrogen and oxygen atoms in total. The maximum Gasteiger partial charge on any atom is 0.221 e. The van der Waals surface area contributed by atoms with E-state index in [2.05, 4.69) is 41.3 Å². The first-order valence-corrected chi connectivity index (χ1v) is 13.5. The fourth-order valence-electron chi connectivity index (χ4n) is 4.57. The Balaban J connectivity index is 1.30. The molecular formula is C26H28N2O3S2. The molecule has 33 heavy (non-hydrogen) atoms. The summed E-state index contributed by atoms with van der Waals surface area (Å²) in [6, 6.07) is 22.5. The Bertz CT molecular complexity index is 1270. The maximum atomic E-state index is 13.5. The topological polar surface area (TPSA) is 49.9 Å². The van der Waals surface area contributed by atoms with Gasteiger partial charge < -0.3 is 9.64 Å². The number of methoxy groups -OCH3 is 1. The summed E-state index contributed by atoms with van der Waals surface area (Å²) in [4.78, 5) is 4.72. The molecule has 0 amide bonds. The standard InChI is InChI=1S/C26H28N2O3S2/c1-19(20-10-11-26-22(16-20)17-21-6-3-4-9-25(21)32-26)33(29,30)28-14-12-27(13-15-28)23-7-5-8-24(18-23)31-2/h3-11,16,18-19H,12-15,17H2,1-2H3. The summed E-state index contributed by atoms with van der Waals surface area (Å²) in [5, 5.41) is -0.576. The molecule has 0 saturated carbocycles. The Morgan fingerprint density at radius 3 is 2.42 bits per heavy atom. The average Bonchev–Trinajstić information content (AvgIpc) is 2.86. The quantitative estimate of drug-likeness (QED) is 0.404. The van der Waals surface area contributed by atoms with Crippen LogP contribution >= 0.6 is 11.8 Å². The van der Waals surface area contributed by atoms with Crippen molar-refractivity contribution >= 4 is 27.5 Å². The number of anilines is 1. The molecule has 1 unspecified atom stereocenters. The molecule has 1 fully saturated rings. The lowest BCUT2D eigenvalue weighted by Gasteiger charge is -2.36. The Morgan fingerprint density at radius 2 is 1.64 bits per heavy atom. The second-order valence-electron chi connectivity index (χ2n) is 8.53. The first-order chi connectivity index (χ1) is 16.0. The van der Waals surface area contributed by atoms with Gasteiger partial charge in [0.25, 0.3) is 0 Å². The number of sulfonamides is 1. The number of benzene rings is 3. The summed E-state index contributed by atoms with van der Waals surface area (Å²) in [6.45, 7) is 4.11. The lowest BCUT2D eigenvalue weighted by atomic mass is 10.0. The third kappa shape index (κ3) is 4.37. The van der Waals surface area contributed by atoms with Gasteiger partial charge in [-0.25, -0.2) is 8.42 Å². The van der Waals surface area contributed by atoms with Gasteiger partial charge >= 0.3 is 0 Å². The van der Waals surface area contributed by atoms with Gasteiger partial charge in [-0.1, -0.05) is 48.2 Å². The molecule has 0 bridgehead atoms. The van der Waals surface area contributed by atoms with Crippen LogP contribution in [0.2, 0.25) is 0 Å². The first-order valence-electron chi connectivity index (χ1n) is 11.2. The van der Waals surface area contributed by atoms with Crippen molar-refractivity contribution in [2.45, 2.75) is 28.4 Å². The fraction of sp³-hybridized carbons (Fsp3) is 0.308. The van der Waals surface area contributed by atoms with Crippen LogP contribution in [0.5, 0.6) is 5.75 Å². The number of piperazine rings is 1. The minimum absolute atomic E-state index is 0.484. The Kier molecular flexibility index (Phi) is 6.12. The van der Waals surface area contributed by atoms with E-state index in [0.717, 1.165) is 23.4 Å². The monoisotopic (exact) mass is 480 g/mol. The Hall–Kier alpha value is -2.48. The van der Waals surface area contributed by atoms with Crippen LogP contribution in [0.25, 0.3) is 0 Å². The van der Waals surface area contributed by atoms with Crippen LogP contribution in [0.3, 0.4) is 0 Å². The predicted octanol–water partition coefficient (Wildman–Crippen LogP) is 4.96. The zero-order chi connectivity index (χ0) is 23.0. The molecule has 0 N–H and O–H groups in total. The Morgan fingerprint density at radius 1 is 0.879 bits per heavy atom. The van der Waals surface area contributed by atoms with Gasteiger partial charge in [-0.2, -0.15) is 4.31 Å². The van der Waals surface area contributed by atoms with Crippen LogP contribution in [-0.4, -0.2) is 46.0 Å². The molecule has 2 aliphatic heterocycles. The number of hydrogen-bond donors (Lipinski definition) is 0. The molecule has 0 spiro atoms. The lowest BCUT2D eigenvalue weighted by Crippen LogP contribution is -2.49. The van der Waals surface area contributed by atoms with Crippen molar-refractivity contribution < 1.29 is 13.2 Å². The molecule has 2 heterocycles. The largest absolute Gasteiger partial charge is 0.497 e. The summed E-state index contributed by atoms with van der Waals surface area (Å²) in [5.41, 5.74) is 4.44. The van der Waals surface area contributed by atoms with Crippen molar-refractivity contribution in [1.82, 2.24) is 4.31 Å². The van der Waals surface area contributed by atoms with Crippen molar-refractivity contribution in [3.05, 3.63) is 83.4 Å². The van der Waals surface area contributed by atoms with Gasteiger partial charge in [0, 0.05) is 47.7 Å². The van der Waals surface area contributed by atoms with Gasteiger partial charge in [0.05, 0.1) is 12.4 Å². The molecule has 1 saturated heterocycles. The molecule has 0 radical (unpaired) electrons. The summed E-state index contributed by atoms with van der Waals surface area (Å²) < 4.78 is 33.9. The summed E-state index contributed by atoms with van der Waals surface area (Å²) in [6.07, 6.45) is 0.846. The van der Waals surface area contributed by atoms with E-state index in [1.807, 2.05) is 37.3 Å². The van der Waals surface area contributed by atoms with Crippen molar-refractivity contribution in [1.29, 1.82) is 0 Å². The number of rotatable bonds is 5. The molecule has 5 rings (SSSR count). The number of fused-ring (bicyclic) bond motifs is 2. The molecule has 3 aromatic rings. The van der Waals surface area contributed by atoms with E-state index in [9.17, 15) is 8.42 Å². The normalized spacial score (nSPS) is 17.2. The van der Waals surface area contributed by atoms with Gasteiger partial charge in [0.1, 0.15) is 5.75 Å². The van der Waals surface area contributed by atoms with Crippen LogP contribution in [0.15, 0.2) is 76.5 Å². The molecule has 1 atom stereocenters. The van der Waals surface area contributed by atoms with E-state index in [1.54, 1.807) is 23.2 Å². The highest BCUT2D eigenvalue weighted by atomic mass is 32.2. The average molecular weight is 481 g/mol. The third-order valence-electron chi connectivity index (χ3n) is 6.59. The van der Waals surface area contributed by atoms with Gasteiger partial charge in [-0.3, -0.25) is 0 Å². The second-order valence-corrected chi connectivity index (χ2v) is 11.9. The smallest absolute Gasteiger partial charge is 0.221 e. The van der Waals surface area contributed by atoms with E-state index in [0.29, 0.717) is 26.2 Å². The summed E-state index contributed by atoms with van der Waals surface area (Å²) in [7, 11) is -1.79. The van der Waals surface area contributed by atoms with Crippen LogP contribution in [0.1, 0.15) is 28.9 Å². The Labute approximate surface area is 200 Å². The van der Waals surface area contributed by atoms with Crippen LogP contribution < -0.4 is 9.64 Å². The van der Waals surface area contributed by atoms with E-state index >= 15 is 0 Å². The van der Waals surface area contributed by atoms with E-state index in [1.165, 1.54) is 20.9 Å². The second kappa shape index (κ2) is 9.05. The van der Waals surface area contributed by atoms with Gasteiger partial charge in [-0.15, -0.1) is 0 Å². The molecular weight excluding hydrogens is 452 g/mol. The highest BCUT2D eigenvalue weighted by Crippen LogP contribution is 2.41. The molecule has 7 heteroatoms. The minimum atomic E-state index is -3.45. The van der Waals surface area contributed by atoms with Crippen molar-refractivity contribution in [2.75, 3.05) is 38.2 Å². The lowest BCUT2D eigenvalue weighted by molar-refractivity contribution is 0.379. The highest BCUT2D eigenvalue weighted by Gasteiger charge is 2.33. The zero-order valence-electron chi connectivity index (χ0n) is 18.9. The van der Waals surface area contributed by atoms with Crippen molar-refractivity contribution in [3.8, 4) is 5.75 Å². The molecule has 0 aromatic heterocycles. The molecule has 0 aliphatic carbocycles. The van der Waals surface area contributed by atoms with Gasteiger partial charge in [-0.05, 0) is 54.3 Å². The third-order valence-corrected chi connectivity index (χ3v) is 10.1. The van der Waals surface area contributed by atoms with E-state index in [4.69, 9.17) is 4.74 Å². The summed E-state index contributed by atoms with van der Waals surface area (Å²) >= 11 is 1.76. The van der Waals surface area contributed by atoms with Crippen LogP contribution in [0.4, 0.5) is 5.69 Å². The fourth-order valence-corrected chi connectivity index (χ4v) is 7.23. The zero-order valence-corrected chi connectivity index (χ0v) is 20.5. The van der Waals surface area contributed by atoms with E-state index < -0.39 is 15.3 Å². The number of nitrogens with zero attached hydrogens (tertiary/aromatic N) is 2. The van der Waals surface area contributed by atoms with E-state index in [-0.39, 0.29) is 0 Å². The minimum Gasteiger partial charge on any atom is -0.497 e. The molecule has 2 aliphatic rings. The molecule has 3 aromatic carbocycles. The van der Waals surface area contributed by atoms with Crippen molar-refractivity contribution in [3.63, 3.8) is 0 Å². The van der Waals surface area contributed by atoms with Gasteiger partial charge in [0.15, 0.2) is 0 Å². The van der Waals surface area contributed by atoms with Gasteiger partial charge in [0.2, 0.25) is 10.0 Å². The van der Waals surface area contributed by atoms with Crippen LogP contribution in [0, 0.1) is 0 Å². The SMILES string of the molecule is COc1cccc(N2CCN(S(=O)(=O)C(C)c3ccc4c(c3)Cc3ccccc3S4)CC2)c1. The number of ether oxygens (including phenoxy) is 1. The predicted molar refractivity (Wildman–Crippen MR) is 134 cm³/mol. The highest BCUT2D eigenvalue weighted by molar-refractivity contribution is 7.99.